The number of carbonyl (C=O) groups is 2. The summed E-state index contributed by atoms with van der Waals surface area (Å²) in [7, 11) is 1.65. The maximum Gasteiger partial charge on any atom is 0.408 e. The molecule has 1 aliphatic rings. The number of benzene rings is 1. The largest absolute Gasteiger partial charge is 0.480 e. The molecule has 0 aliphatic carbocycles. The molecule has 1 atom stereocenters. The first-order valence-corrected chi connectivity index (χ1v) is 13.2. The van der Waals surface area contributed by atoms with Crippen LogP contribution in [0.25, 0.3) is 0 Å². The van der Waals surface area contributed by atoms with Crippen molar-refractivity contribution in [2.45, 2.75) is 51.2 Å². The number of methoxy groups -OCH3 is 1. The lowest BCUT2D eigenvalue weighted by molar-refractivity contribution is -0.139. The predicted octanol–water partition coefficient (Wildman–Crippen LogP) is 4.13. The Morgan fingerprint density at radius 3 is 2.73 bits per heavy atom. The Balaban J connectivity index is 1.42. The van der Waals surface area contributed by atoms with Crippen molar-refractivity contribution >= 4 is 29.5 Å². The number of ether oxygens (including phenoxy) is 2. The van der Waals surface area contributed by atoms with Gasteiger partial charge in [-0.25, -0.2) is 14.6 Å². The Morgan fingerprint density at radius 1 is 1.16 bits per heavy atom. The third-order valence-electron chi connectivity index (χ3n) is 6.33. The number of carboxylic acids is 1. The molecule has 0 fully saturated rings. The van der Waals surface area contributed by atoms with E-state index in [1.54, 1.807) is 31.4 Å². The van der Waals surface area contributed by atoms with E-state index >= 15 is 0 Å². The summed E-state index contributed by atoms with van der Waals surface area (Å²) < 4.78 is 10.4. The lowest BCUT2D eigenvalue weighted by atomic mass is 10.1. The van der Waals surface area contributed by atoms with E-state index in [9.17, 15) is 14.7 Å². The van der Waals surface area contributed by atoms with Gasteiger partial charge in [-0.15, -0.1) is 0 Å². The van der Waals surface area contributed by atoms with Crippen molar-refractivity contribution in [1.29, 1.82) is 0 Å². The van der Waals surface area contributed by atoms with E-state index in [-0.39, 0.29) is 13.0 Å². The van der Waals surface area contributed by atoms with Crippen LogP contribution in [-0.2, 0) is 33.7 Å². The van der Waals surface area contributed by atoms with Crippen LogP contribution in [0.1, 0.15) is 42.5 Å². The zero-order chi connectivity index (χ0) is 26.5. The molecule has 0 bridgehead atoms. The van der Waals surface area contributed by atoms with E-state index in [0.717, 1.165) is 62.3 Å². The van der Waals surface area contributed by atoms with Crippen LogP contribution in [0.4, 0.5) is 10.6 Å². The molecule has 2 heterocycles. The highest BCUT2D eigenvalue weighted by atomic mass is 35.5. The van der Waals surface area contributed by atoms with Gasteiger partial charge in [0.15, 0.2) is 0 Å². The van der Waals surface area contributed by atoms with Gasteiger partial charge in [-0.05, 0) is 74.4 Å². The molecule has 0 spiro atoms. The number of carbonyl (C=O) groups excluding carboxylic acids is 1. The van der Waals surface area contributed by atoms with E-state index < -0.39 is 18.1 Å². The molecule has 1 aliphatic heterocycles. The van der Waals surface area contributed by atoms with Gasteiger partial charge in [-0.1, -0.05) is 29.8 Å². The fraction of sp³-hybridized carbons (Fsp3) is 0.519. The highest BCUT2D eigenvalue weighted by molar-refractivity contribution is 6.30. The van der Waals surface area contributed by atoms with Crippen molar-refractivity contribution < 1.29 is 24.2 Å². The fourth-order valence-corrected chi connectivity index (χ4v) is 4.31. The van der Waals surface area contributed by atoms with Gasteiger partial charge in [0.25, 0.3) is 0 Å². The highest BCUT2D eigenvalue weighted by Crippen LogP contribution is 2.20. The van der Waals surface area contributed by atoms with E-state index in [2.05, 4.69) is 27.7 Å². The molecule has 2 aromatic rings. The van der Waals surface area contributed by atoms with Crippen LogP contribution in [0.2, 0.25) is 5.02 Å². The summed E-state index contributed by atoms with van der Waals surface area (Å²) in [6, 6.07) is 10.1. The number of pyridine rings is 1. The lowest BCUT2D eigenvalue weighted by Gasteiger charge is -2.24. The summed E-state index contributed by atoms with van der Waals surface area (Å²) in [5.74, 6) is -0.0772. The standard InChI is InChI=1S/C27H37ClN4O5/c1-36-18-17-32(15-3-2-6-23-12-9-21-5-4-14-29-25(21)30-23)16-13-24(26(33)34)31-27(35)37-19-20-7-10-22(28)11-8-20/h7-12,24H,2-6,13-19H2,1H3,(H,29,30)(H,31,35)(H,33,34). The minimum absolute atomic E-state index is 0.0322. The molecule has 1 amide bonds. The zero-order valence-electron chi connectivity index (χ0n) is 21.4. The number of rotatable bonds is 15. The quantitative estimate of drug-likeness (QED) is 0.293. The monoisotopic (exact) mass is 532 g/mol. The number of anilines is 1. The Bertz CT molecular complexity index is 1000. The normalized spacial score (nSPS) is 13.5. The average Bonchev–Trinajstić information content (AvgIpc) is 2.90. The number of amides is 1. The van der Waals surface area contributed by atoms with Gasteiger partial charge < -0.3 is 30.1 Å². The van der Waals surface area contributed by atoms with E-state index in [1.807, 2.05) is 0 Å². The predicted molar refractivity (Wildman–Crippen MR) is 143 cm³/mol. The van der Waals surface area contributed by atoms with Crippen molar-refractivity contribution in [2.75, 3.05) is 45.2 Å². The van der Waals surface area contributed by atoms with Gasteiger partial charge in [0.05, 0.1) is 6.61 Å². The van der Waals surface area contributed by atoms with Crippen LogP contribution in [-0.4, -0.2) is 73.0 Å². The molecule has 9 nitrogen and oxygen atoms in total. The van der Waals surface area contributed by atoms with Crippen molar-refractivity contribution in [3.63, 3.8) is 0 Å². The highest BCUT2D eigenvalue weighted by Gasteiger charge is 2.22. The first kappa shape index (κ1) is 28.7. The maximum absolute atomic E-state index is 12.2. The Kier molecular flexibility index (Phi) is 11.9. The molecular weight excluding hydrogens is 496 g/mol. The summed E-state index contributed by atoms with van der Waals surface area (Å²) in [6.07, 6.45) is 4.54. The van der Waals surface area contributed by atoms with Crippen LogP contribution < -0.4 is 10.6 Å². The van der Waals surface area contributed by atoms with Crippen LogP contribution in [0.3, 0.4) is 0 Å². The average molecular weight is 533 g/mol. The summed E-state index contributed by atoms with van der Waals surface area (Å²) >= 11 is 5.86. The minimum Gasteiger partial charge on any atom is -0.480 e. The van der Waals surface area contributed by atoms with Crippen molar-refractivity contribution in [3.8, 4) is 0 Å². The first-order valence-electron chi connectivity index (χ1n) is 12.8. The second-order valence-corrected chi connectivity index (χ2v) is 9.60. The molecular formula is C27H37ClN4O5. The van der Waals surface area contributed by atoms with Gasteiger partial charge in [0, 0.05) is 37.5 Å². The van der Waals surface area contributed by atoms with Gasteiger partial charge in [-0.3, -0.25) is 0 Å². The third kappa shape index (κ3) is 10.2. The lowest BCUT2D eigenvalue weighted by Crippen LogP contribution is -2.43. The number of fused-ring (bicyclic) bond motifs is 1. The molecule has 0 radical (unpaired) electrons. The number of unbranched alkanes of at least 4 members (excludes halogenated alkanes) is 1. The fourth-order valence-electron chi connectivity index (χ4n) is 4.19. The second kappa shape index (κ2) is 15.4. The molecule has 1 aromatic heterocycles. The summed E-state index contributed by atoms with van der Waals surface area (Å²) in [5.41, 5.74) is 3.14. The summed E-state index contributed by atoms with van der Waals surface area (Å²) in [4.78, 5) is 30.9. The minimum atomic E-state index is -1.10. The number of hydrogen-bond acceptors (Lipinski definition) is 7. The van der Waals surface area contributed by atoms with Crippen LogP contribution in [0.15, 0.2) is 36.4 Å². The number of aromatic nitrogens is 1. The number of aliphatic carboxylic acids is 1. The number of halogens is 1. The van der Waals surface area contributed by atoms with E-state index in [1.165, 1.54) is 5.56 Å². The molecule has 1 aromatic carbocycles. The number of alkyl carbamates (subject to hydrolysis) is 1. The number of nitrogens with zero attached hydrogens (tertiary/aromatic N) is 2. The number of aryl methyl sites for hydroxylation is 2. The molecule has 37 heavy (non-hydrogen) atoms. The summed E-state index contributed by atoms with van der Waals surface area (Å²) in [6.45, 7) is 3.56. The maximum atomic E-state index is 12.2. The Hall–Kier alpha value is -2.88. The van der Waals surface area contributed by atoms with E-state index in [0.29, 0.717) is 24.7 Å². The van der Waals surface area contributed by atoms with E-state index in [4.69, 9.17) is 26.1 Å². The van der Waals surface area contributed by atoms with Crippen LogP contribution in [0, 0.1) is 0 Å². The molecule has 202 valence electrons. The van der Waals surface area contributed by atoms with Crippen LogP contribution in [0.5, 0.6) is 0 Å². The van der Waals surface area contributed by atoms with Gasteiger partial charge in [-0.2, -0.15) is 0 Å². The number of hydrogen-bond donors (Lipinski definition) is 3. The molecule has 3 N–H and O–H groups in total. The molecule has 10 heteroatoms. The van der Waals surface area contributed by atoms with Crippen molar-refractivity contribution in [1.82, 2.24) is 15.2 Å². The Morgan fingerprint density at radius 2 is 1.97 bits per heavy atom. The van der Waals surface area contributed by atoms with Crippen molar-refractivity contribution in [2.24, 2.45) is 0 Å². The first-order chi connectivity index (χ1) is 17.9. The second-order valence-electron chi connectivity index (χ2n) is 9.16. The summed E-state index contributed by atoms with van der Waals surface area (Å²) in [5, 5.41) is 16.0. The van der Waals surface area contributed by atoms with Gasteiger partial charge >= 0.3 is 12.1 Å². The zero-order valence-corrected chi connectivity index (χ0v) is 22.1. The van der Waals surface area contributed by atoms with Crippen molar-refractivity contribution in [3.05, 3.63) is 58.2 Å². The molecule has 1 unspecified atom stereocenters. The van der Waals surface area contributed by atoms with Gasteiger partial charge in [0.1, 0.15) is 18.5 Å². The third-order valence-corrected chi connectivity index (χ3v) is 6.58. The molecule has 3 rings (SSSR count). The topological polar surface area (TPSA) is 113 Å². The molecule has 0 saturated carbocycles. The van der Waals surface area contributed by atoms with Crippen LogP contribution >= 0.6 is 11.6 Å². The SMILES string of the molecule is COCCN(CCCCc1ccc2c(n1)NCCC2)CCC(NC(=O)OCc1ccc(Cl)cc1)C(=O)O. The molecule has 0 saturated heterocycles. The Labute approximate surface area is 223 Å². The number of carboxylic acid groups (broad SMARTS) is 1. The smallest absolute Gasteiger partial charge is 0.408 e. The van der Waals surface area contributed by atoms with Gasteiger partial charge in [0.2, 0.25) is 0 Å². The number of nitrogens with one attached hydrogen (secondary N) is 2.